The molecule has 0 heterocycles. The Balaban J connectivity index is -0.0000000337. The topological polar surface area (TPSA) is 17.1 Å². The number of hydrogen-bond donors (Lipinski definition) is 0. The second kappa shape index (κ2) is 23.6. The molecule has 1 aliphatic carbocycles. The van der Waals surface area contributed by atoms with E-state index >= 15 is 0 Å². The van der Waals surface area contributed by atoms with Crippen LogP contribution in [0, 0.1) is 6.08 Å². The molecule has 0 N–H and O–H groups in total. The van der Waals surface area contributed by atoms with E-state index in [-0.39, 0.29) is 26.2 Å². The van der Waals surface area contributed by atoms with Crippen molar-refractivity contribution in [1.82, 2.24) is 0 Å². The van der Waals surface area contributed by atoms with Crippen molar-refractivity contribution in [3.05, 3.63) is 24.3 Å². The standard InChI is InChI=1S/C5H5.CH2O.Co.2FH/c1-2-4-5-3-1;1-2;;;/h1-3H,4H2;1H2;;2*1H/q-1;;+3;;/p-2. The molecule has 60 valence electrons. The predicted octanol–water partition coefficient (Wildman–Crippen LogP) is -4.87. The van der Waals surface area contributed by atoms with Gasteiger partial charge >= 0.3 is 16.8 Å². The number of hydrogen-bond acceptors (Lipinski definition) is 1. The van der Waals surface area contributed by atoms with Gasteiger partial charge in [-0.15, -0.1) is 6.42 Å². The summed E-state index contributed by atoms with van der Waals surface area (Å²) >= 11 is 0. The van der Waals surface area contributed by atoms with Gasteiger partial charge in [0.05, 0.1) is 0 Å². The van der Waals surface area contributed by atoms with Gasteiger partial charge in [0.25, 0.3) is 0 Å². The van der Waals surface area contributed by atoms with E-state index in [0.29, 0.717) is 0 Å². The monoisotopic (exact) mass is 192 g/mol. The fraction of sp³-hybridized carbons (Fsp3) is 0.167. The normalized spacial score (nSPS) is 9.20. The summed E-state index contributed by atoms with van der Waals surface area (Å²) in [5.74, 6) is 0. The molecule has 0 aliphatic heterocycles. The van der Waals surface area contributed by atoms with E-state index in [1.165, 1.54) is 0 Å². The first kappa shape index (κ1) is 22.7. The van der Waals surface area contributed by atoms with Crippen LogP contribution < -0.4 is 9.41 Å². The summed E-state index contributed by atoms with van der Waals surface area (Å²) in [5, 5.41) is 0. The van der Waals surface area contributed by atoms with Gasteiger partial charge in [0.1, 0.15) is 6.79 Å². The van der Waals surface area contributed by atoms with Gasteiger partial charge in [-0.1, -0.05) is 0 Å². The Kier molecular flexibility index (Phi) is 53.5. The van der Waals surface area contributed by atoms with Crippen molar-refractivity contribution >= 4 is 6.79 Å². The second-order valence-corrected chi connectivity index (χ2v) is 1.00. The zero-order valence-corrected chi connectivity index (χ0v) is 6.18. The third kappa shape index (κ3) is 15.6. The minimum atomic E-state index is 0. The van der Waals surface area contributed by atoms with Crippen molar-refractivity contribution < 1.29 is 31.0 Å². The van der Waals surface area contributed by atoms with Gasteiger partial charge in [-0.2, -0.15) is 6.08 Å². The van der Waals surface area contributed by atoms with Gasteiger partial charge in [-0.05, 0) is 0 Å². The molecule has 0 fully saturated rings. The summed E-state index contributed by atoms with van der Waals surface area (Å²) in [6.07, 6.45) is 10.0. The van der Waals surface area contributed by atoms with E-state index < -0.39 is 0 Å². The molecular formula is C6H7CoF2O. The SMILES string of the molecule is C=O.[C-]1=CC=CC1.[Co+3].[F-].[F-]. The van der Waals surface area contributed by atoms with Gasteiger partial charge in [0.2, 0.25) is 0 Å². The van der Waals surface area contributed by atoms with Gasteiger partial charge in [0.15, 0.2) is 0 Å². The third-order valence-electron chi connectivity index (χ3n) is 0.586. The van der Waals surface area contributed by atoms with Crippen LogP contribution in [0.1, 0.15) is 6.42 Å². The first-order valence-corrected chi connectivity index (χ1v) is 2.01. The number of allylic oxidation sites excluding steroid dienone is 4. The Morgan fingerprint density at radius 2 is 1.80 bits per heavy atom. The van der Waals surface area contributed by atoms with Gasteiger partial charge in [-0.3, -0.25) is 6.08 Å². The van der Waals surface area contributed by atoms with Crippen LogP contribution in [0.4, 0.5) is 0 Å². The van der Waals surface area contributed by atoms with Crippen molar-refractivity contribution in [2.75, 3.05) is 0 Å². The van der Waals surface area contributed by atoms with Crippen molar-refractivity contribution in [3.8, 4) is 0 Å². The molecule has 0 saturated heterocycles. The number of carbonyl (C=O) groups is 1. The summed E-state index contributed by atoms with van der Waals surface area (Å²) in [6.45, 7) is 2.00. The molecule has 0 radical (unpaired) electrons. The zero-order chi connectivity index (χ0) is 5.54. The van der Waals surface area contributed by atoms with Crippen molar-refractivity contribution in [3.63, 3.8) is 0 Å². The summed E-state index contributed by atoms with van der Waals surface area (Å²) < 4.78 is 0. The van der Waals surface area contributed by atoms with E-state index in [1.54, 1.807) is 0 Å². The van der Waals surface area contributed by atoms with E-state index in [4.69, 9.17) is 4.79 Å². The van der Waals surface area contributed by atoms with Crippen LogP contribution >= 0.6 is 0 Å². The average Bonchev–Trinajstić information content (AvgIpc) is 2.23. The second-order valence-electron chi connectivity index (χ2n) is 1.00. The van der Waals surface area contributed by atoms with Crippen LogP contribution in [0.3, 0.4) is 0 Å². The molecule has 0 aromatic heterocycles. The third-order valence-corrected chi connectivity index (χ3v) is 0.586. The van der Waals surface area contributed by atoms with E-state index in [9.17, 15) is 0 Å². The Bertz CT molecular complexity index is 83.7. The number of halogens is 2. The molecule has 0 unspecified atom stereocenters. The number of rotatable bonds is 0. The molecule has 0 atom stereocenters. The maximum absolute atomic E-state index is 8.00. The van der Waals surface area contributed by atoms with Gasteiger partial charge in [0, 0.05) is 0 Å². The molecule has 0 spiro atoms. The first-order valence-electron chi connectivity index (χ1n) is 2.01. The molecule has 10 heavy (non-hydrogen) atoms. The molecule has 4 heteroatoms. The Morgan fingerprint density at radius 3 is 1.90 bits per heavy atom. The van der Waals surface area contributed by atoms with Crippen molar-refractivity contribution in [2.24, 2.45) is 0 Å². The molecule has 0 bridgehead atoms. The van der Waals surface area contributed by atoms with Crippen LogP contribution in [0.15, 0.2) is 18.2 Å². The van der Waals surface area contributed by atoms with E-state index in [0.717, 1.165) is 6.42 Å². The molecule has 0 aromatic carbocycles. The molecular weight excluding hydrogens is 185 g/mol. The van der Waals surface area contributed by atoms with Gasteiger partial charge in [-0.25, -0.2) is 12.2 Å². The molecule has 0 aromatic rings. The van der Waals surface area contributed by atoms with Gasteiger partial charge < -0.3 is 14.2 Å². The summed E-state index contributed by atoms with van der Waals surface area (Å²) in [7, 11) is 0. The Morgan fingerprint density at radius 1 is 1.30 bits per heavy atom. The predicted molar refractivity (Wildman–Crippen MR) is 28.7 cm³/mol. The van der Waals surface area contributed by atoms with Crippen molar-refractivity contribution in [2.45, 2.75) is 6.42 Å². The largest absolute Gasteiger partial charge is 3.00 e. The van der Waals surface area contributed by atoms with Crippen LogP contribution in [0.2, 0.25) is 0 Å². The average molecular weight is 192 g/mol. The number of carbonyl (C=O) groups excluding carboxylic acids is 1. The molecule has 1 rings (SSSR count). The fourth-order valence-corrected chi connectivity index (χ4v) is 0.340. The summed E-state index contributed by atoms with van der Waals surface area (Å²) in [6, 6.07) is 0. The van der Waals surface area contributed by atoms with Crippen LogP contribution in [-0.2, 0) is 21.6 Å². The minimum Gasteiger partial charge on any atom is -1.00 e. The fourth-order valence-electron chi connectivity index (χ4n) is 0.340. The van der Waals surface area contributed by atoms with Crippen LogP contribution in [0.5, 0.6) is 0 Å². The smallest absolute Gasteiger partial charge is 1.00 e. The Labute approximate surface area is 69.1 Å². The van der Waals surface area contributed by atoms with E-state index in [1.807, 2.05) is 18.9 Å². The van der Waals surface area contributed by atoms with Crippen LogP contribution in [-0.4, -0.2) is 6.79 Å². The zero-order valence-electron chi connectivity index (χ0n) is 5.14. The van der Waals surface area contributed by atoms with E-state index in [2.05, 4.69) is 12.2 Å². The maximum Gasteiger partial charge on any atom is 3.00 e. The van der Waals surface area contributed by atoms with Crippen LogP contribution in [0.25, 0.3) is 0 Å². The summed E-state index contributed by atoms with van der Waals surface area (Å²) in [5.41, 5.74) is 0. The quantitative estimate of drug-likeness (QED) is 0.352. The maximum atomic E-state index is 8.00. The summed E-state index contributed by atoms with van der Waals surface area (Å²) in [4.78, 5) is 8.00. The molecule has 1 aliphatic rings. The molecule has 0 amide bonds. The first-order chi connectivity index (χ1) is 3.50. The Hall–Kier alpha value is -0.484. The van der Waals surface area contributed by atoms with Crippen molar-refractivity contribution in [1.29, 1.82) is 0 Å². The molecule has 0 saturated carbocycles. The molecule has 1 nitrogen and oxygen atoms in total. The minimum absolute atomic E-state index is 0.